The minimum absolute atomic E-state index is 0.110. The molecule has 0 aliphatic rings. The van der Waals surface area contributed by atoms with Crippen molar-refractivity contribution in [3.63, 3.8) is 0 Å². The number of rotatable bonds is 8. The fourth-order valence-electron chi connectivity index (χ4n) is 1.24. The van der Waals surface area contributed by atoms with E-state index >= 15 is 0 Å². The van der Waals surface area contributed by atoms with Crippen LogP contribution in [0.25, 0.3) is 0 Å². The molecule has 102 valence electrons. The maximum Gasteiger partial charge on any atom is 0.282 e. The molecule has 0 aliphatic heterocycles. The number of hydrogen-bond acceptors (Lipinski definition) is 5. The molecule has 18 heavy (non-hydrogen) atoms. The van der Waals surface area contributed by atoms with Gasteiger partial charge in [0.2, 0.25) is 5.01 Å². The highest BCUT2D eigenvalue weighted by Gasteiger charge is 2.12. The molecular formula is C12H21N3OS2. The summed E-state index contributed by atoms with van der Waals surface area (Å²) in [4.78, 5) is 11.7. The predicted molar refractivity (Wildman–Crippen MR) is 77.3 cm³/mol. The maximum absolute atomic E-state index is 11.7. The van der Waals surface area contributed by atoms with Gasteiger partial charge in [-0.15, -0.1) is 10.2 Å². The lowest BCUT2D eigenvalue weighted by atomic mass is 10.2. The number of hydrogen-bond donors (Lipinski definition) is 1. The predicted octanol–water partition coefficient (Wildman–Crippen LogP) is 3.21. The minimum atomic E-state index is -0.110. The van der Waals surface area contributed by atoms with Crippen LogP contribution in [0.4, 0.5) is 0 Å². The van der Waals surface area contributed by atoms with Gasteiger partial charge in [0.25, 0.3) is 5.91 Å². The molecule has 0 saturated heterocycles. The summed E-state index contributed by atoms with van der Waals surface area (Å²) in [7, 11) is 0. The first-order chi connectivity index (χ1) is 8.63. The van der Waals surface area contributed by atoms with Gasteiger partial charge in [-0.05, 0) is 12.3 Å². The molecule has 0 unspecified atom stereocenters. The number of unbranched alkanes of at least 4 members (excludes halogenated alkanes) is 2. The molecule has 0 aliphatic carbocycles. The number of nitrogens with zero attached hydrogens (tertiary/aromatic N) is 2. The average molecular weight is 287 g/mol. The number of carbonyl (C=O) groups is 1. The third kappa shape index (κ3) is 5.82. The lowest BCUT2D eigenvalue weighted by Crippen LogP contribution is -2.27. The van der Waals surface area contributed by atoms with Crippen LogP contribution in [0.15, 0.2) is 4.34 Å². The Morgan fingerprint density at radius 2 is 2.17 bits per heavy atom. The first-order valence-corrected chi connectivity index (χ1v) is 8.18. The second-order valence-corrected chi connectivity index (χ2v) is 6.85. The lowest BCUT2D eigenvalue weighted by molar-refractivity contribution is 0.0948. The lowest BCUT2D eigenvalue weighted by Gasteiger charge is -2.04. The molecule has 1 rings (SSSR count). The van der Waals surface area contributed by atoms with Crippen LogP contribution < -0.4 is 5.32 Å². The molecule has 4 nitrogen and oxygen atoms in total. The number of amides is 1. The standard InChI is InChI=1S/C12H21N3OS2/c1-4-5-6-7-17-12-15-14-11(18-12)10(16)13-8-9(2)3/h9H,4-8H2,1-3H3,(H,13,16). The largest absolute Gasteiger partial charge is 0.350 e. The molecular weight excluding hydrogens is 266 g/mol. The van der Waals surface area contributed by atoms with Gasteiger partial charge >= 0.3 is 0 Å². The Kier molecular flexibility index (Phi) is 7.27. The maximum atomic E-state index is 11.7. The zero-order valence-electron chi connectivity index (χ0n) is 11.2. The van der Waals surface area contributed by atoms with Crippen molar-refractivity contribution in [3.05, 3.63) is 5.01 Å². The van der Waals surface area contributed by atoms with Gasteiger partial charge in [-0.3, -0.25) is 4.79 Å². The Morgan fingerprint density at radius 1 is 1.39 bits per heavy atom. The van der Waals surface area contributed by atoms with Gasteiger partial charge in [0, 0.05) is 12.3 Å². The highest BCUT2D eigenvalue weighted by atomic mass is 32.2. The third-order valence-electron chi connectivity index (χ3n) is 2.24. The van der Waals surface area contributed by atoms with Crippen molar-refractivity contribution in [3.8, 4) is 0 Å². The molecule has 0 radical (unpaired) electrons. The van der Waals surface area contributed by atoms with Crippen LogP contribution >= 0.6 is 23.1 Å². The number of thioether (sulfide) groups is 1. The minimum Gasteiger partial charge on any atom is -0.350 e. The zero-order chi connectivity index (χ0) is 13.4. The van der Waals surface area contributed by atoms with E-state index in [1.54, 1.807) is 11.8 Å². The van der Waals surface area contributed by atoms with E-state index in [-0.39, 0.29) is 5.91 Å². The molecule has 0 saturated carbocycles. The first kappa shape index (κ1) is 15.4. The van der Waals surface area contributed by atoms with Crippen molar-refractivity contribution in [2.75, 3.05) is 12.3 Å². The van der Waals surface area contributed by atoms with Crippen LogP contribution in [-0.4, -0.2) is 28.4 Å². The fourth-order valence-corrected chi connectivity index (χ4v) is 3.08. The van der Waals surface area contributed by atoms with Gasteiger partial charge in [-0.2, -0.15) is 0 Å². The van der Waals surface area contributed by atoms with Gasteiger partial charge < -0.3 is 5.32 Å². The van der Waals surface area contributed by atoms with Gasteiger partial charge in [0.15, 0.2) is 4.34 Å². The number of aromatic nitrogens is 2. The first-order valence-electron chi connectivity index (χ1n) is 6.38. The summed E-state index contributed by atoms with van der Waals surface area (Å²) in [6.45, 7) is 6.99. The van der Waals surface area contributed by atoms with Crippen LogP contribution in [0.1, 0.15) is 49.8 Å². The summed E-state index contributed by atoms with van der Waals surface area (Å²) >= 11 is 3.07. The summed E-state index contributed by atoms with van der Waals surface area (Å²) in [6.07, 6.45) is 3.66. The SMILES string of the molecule is CCCCCSc1nnc(C(=O)NCC(C)C)s1. The Hall–Kier alpha value is -0.620. The smallest absolute Gasteiger partial charge is 0.282 e. The summed E-state index contributed by atoms with van der Waals surface area (Å²) in [5.41, 5.74) is 0. The summed E-state index contributed by atoms with van der Waals surface area (Å²) < 4.78 is 0.890. The molecule has 0 aromatic carbocycles. The average Bonchev–Trinajstić information content (AvgIpc) is 2.80. The molecule has 1 heterocycles. The van der Waals surface area contributed by atoms with Crippen LogP contribution in [0, 0.1) is 5.92 Å². The van der Waals surface area contributed by atoms with E-state index in [1.165, 1.54) is 30.6 Å². The van der Waals surface area contributed by atoms with Gasteiger partial charge in [-0.25, -0.2) is 0 Å². The molecule has 0 bridgehead atoms. The van der Waals surface area contributed by atoms with Crippen molar-refractivity contribution < 1.29 is 4.79 Å². The second-order valence-electron chi connectivity index (χ2n) is 4.53. The number of nitrogens with one attached hydrogen (secondary N) is 1. The molecule has 0 fully saturated rings. The van der Waals surface area contributed by atoms with Crippen LogP contribution in [0.3, 0.4) is 0 Å². The van der Waals surface area contributed by atoms with Crippen molar-refractivity contribution in [2.45, 2.75) is 44.4 Å². The molecule has 0 atom stereocenters. The van der Waals surface area contributed by atoms with Crippen molar-refractivity contribution in [1.29, 1.82) is 0 Å². The van der Waals surface area contributed by atoms with Crippen LogP contribution in [0.2, 0.25) is 0 Å². The van der Waals surface area contributed by atoms with E-state index < -0.39 is 0 Å². The third-order valence-corrected chi connectivity index (χ3v) is 4.39. The highest BCUT2D eigenvalue weighted by Crippen LogP contribution is 2.23. The Labute approximate surface area is 117 Å². The van der Waals surface area contributed by atoms with E-state index in [0.29, 0.717) is 17.5 Å². The van der Waals surface area contributed by atoms with Gasteiger partial charge in [-0.1, -0.05) is 56.7 Å². The van der Waals surface area contributed by atoms with Crippen molar-refractivity contribution >= 4 is 29.0 Å². The molecule has 1 aromatic rings. The zero-order valence-corrected chi connectivity index (χ0v) is 12.9. The monoisotopic (exact) mass is 287 g/mol. The normalized spacial score (nSPS) is 10.9. The number of carbonyl (C=O) groups excluding carboxylic acids is 1. The molecule has 0 spiro atoms. The molecule has 6 heteroatoms. The van der Waals surface area contributed by atoms with Gasteiger partial charge in [0.05, 0.1) is 0 Å². The molecule has 1 amide bonds. The van der Waals surface area contributed by atoms with Crippen molar-refractivity contribution in [2.24, 2.45) is 5.92 Å². The quantitative estimate of drug-likeness (QED) is 0.589. The van der Waals surface area contributed by atoms with Crippen molar-refractivity contribution in [1.82, 2.24) is 15.5 Å². The fraction of sp³-hybridized carbons (Fsp3) is 0.750. The van der Waals surface area contributed by atoms with E-state index in [1.807, 2.05) is 0 Å². The molecule has 1 aromatic heterocycles. The van der Waals surface area contributed by atoms with Crippen LogP contribution in [0.5, 0.6) is 0 Å². The van der Waals surface area contributed by atoms with E-state index in [4.69, 9.17) is 0 Å². The van der Waals surface area contributed by atoms with Crippen LogP contribution in [-0.2, 0) is 0 Å². The Balaban J connectivity index is 2.35. The summed E-state index contributed by atoms with van der Waals surface area (Å²) in [6, 6.07) is 0. The summed E-state index contributed by atoms with van der Waals surface area (Å²) in [5.74, 6) is 1.39. The Bertz CT molecular complexity index is 366. The van der Waals surface area contributed by atoms with E-state index in [0.717, 1.165) is 10.1 Å². The van der Waals surface area contributed by atoms with Gasteiger partial charge in [0.1, 0.15) is 0 Å². The highest BCUT2D eigenvalue weighted by molar-refractivity contribution is 8.01. The second kappa shape index (κ2) is 8.48. The van der Waals surface area contributed by atoms with E-state index in [2.05, 4.69) is 36.3 Å². The summed E-state index contributed by atoms with van der Waals surface area (Å²) in [5, 5.41) is 11.3. The molecule has 1 N–H and O–H groups in total. The topological polar surface area (TPSA) is 54.9 Å². The Morgan fingerprint density at radius 3 is 2.83 bits per heavy atom. The van der Waals surface area contributed by atoms with E-state index in [9.17, 15) is 4.79 Å².